The maximum absolute atomic E-state index is 5.47. The zero-order valence-electron chi connectivity index (χ0n) is 7.56. The first-order chi connectivity index (χ1) is 6.81. The van der Waals surface area contributed by atoms with E-state index in [9.17, 15) is 0 Å². The number of ether oxygens (including phenoxy) is 1. The highest BCUT2D eigenvalue weighted by atomic mass is 16.5. The predicted molar refractivity (Wildman–Crippen MR) is 50.6 cm³/mol. The summed E-state index contributed by atoms with van der Waals surface area (Å²) in [4.78, 5) is 14.8. The molecule has 2 aromatic heterocycles. The van der Waals surface area contributed by atoms with Crippen molar-refractivity contribution in [2.45, 2.75) is 0 Å². The summed E-state index contributed by atoms with van der Waals surface area (Å²) in [5.74, 6) is 1.34. The molecule has 0 aliphatic heterocycles. The Morgan fingerprint density at radius 1 is 1.43 bits per heavy atom. The molecule has 6 heteroatoms. The van der Waals surface area contributed by atoms with Gasteiger partial charge in [-0.25, -0.2) is 15.0 Å². The normalized spacial score (nSPS) is 10.1. The molecule has 2 aromatic rings. The smallest absolute Gasteiger partial charge is 0.220 e. The van der Waals surface area contributed by atoms with Crippen LogP contribution in [0.1, 0.15) is 0 Å². The number of nitrogen functional groups attached to an aromatic ring is 1. The Hall–Kier alpha value is -2.11. The highest BCUT2D eigenvalue weighted by Gasteiger charge is 2.10. The SMILES string of the molecule is COc1cnc(N)nc1-c1ncc[nH]1. The molecule has 0 bridgehead atoms. The summed E-state index contributed by atoms with van der Waals surface area (Å²) in [5.41, 5.74) is 6.03. The van der Waals surface area contributed by atoms with Crippen LogP contribution < -0.4 is 10.5 Å². The van der Waals surface area contributed by atoms with Gasteiger partial charge in [0.25, 0.3) is 0 Å². The van der Waals surface area contributed by atoms with E-state index in [0.29, 0.717) is 17.3 Å². The fourth-order valence-corrected chi connectivity index (χ4v) is 1.10. The molecule has 0 amide bonds. The Morgan fingerprint density at radius 2 is 2.29 bits per heavy atom. The van der Waals surface area contributed by atoms with Crippen LogP contribution in [0.5, 0.6) is 5.75 Å². The average Bonchev–Trinajstić information content (AvgIpc) is 2.70. The quantitative estimate of drug-likeness (QED) is 0.719. The first-order valence-corrected chi connectivity index (χ1v) is 3.97. The summed E-state index contributed by atoms with van der Waals surface area (Å²) >= 11 is 0. The Balaban J connectivity index is 2.55. The molecule has 3 N–H and O–H groups in total. The first-order valence-electron chi connectivity index (χ1n) is 3.97. The van der Waals surface area contributed by atoms with Crippen LogP contribution in [0.15, 0.2) is 18.6 Å². The molecule has 2 rings (SSSR count). The van der Waals surface area contributed by atoms with Gasteiger partial charge in [0, 0.05) is 12.4 Å². The lowest BCUT2D eigenvalue weighted by molar-refractivity contribution is 0.412. The van der Waals surface area contributed by atoms with E-state index >= 15 is 0 Å². The summed E-state index contributed by atoms with van der Waals surface area (Å²) in [6.45, 7) is 0. The van der Waals surface area contributed by atoms with Gasteiger partial charge in [-0.3, -0.25) is 0 Å². The van der Waals surface area contributed by atoms with Crippen molar-refractivity contribution in [2.24, 2.45) is 0 Å². The average molecular weight is 191 g/mol. The fraction of sp³-hybridized carbons (Fsp3) is 0.125. The zero-order chi connectivity index (χ0) is 9.97. The number of hydrogen-bond acceptors (Lipinski definition) is 5. The van der Waals surface area contributed by atoms with Crippen molar-refractivity contribution >= 4 is 5.95 Å². The lowest BCUT2D eigenvalue weighted by Gasteiger charge is -2.04. The van der Waals surface area contributed by atoms with Crippen LogP contribution in [0.2, 0.25) is 0 Å². The summed E-state index contributed by atoms with van der Waals surface area (Å²) in [7, 11) is 1.54. The van der Waals surface area contributed by atoms with Crippen LogP contribution in [0.3, 0.4) is 0 Å². The molecule has 0 aliphatic rings. The van der Waals surface area contributed by atoms with Crippen LogP contribution in [0, 0.1) is 0 Å². The summed E-state index contributed by atoms with van der Waals surface area (Å²) in [5, 5.41) is 0. The minimum atomic E-state index is 0.192. The number of hydrogen-bond donors (Lipinski definition) is 2. The molecule has 0 saturated heterocycles. The standard InChI is InChI=1S/C8H9N5O/c1-14-5-4-12-8(9)13-6(5)7-10-2-3-11-7/h2-4H,1H3,(H,10,11)(H2,9,12,13). The Labute approximate surface area is 80.2 Å². The maximum atomic E-state index is 5.47. The van der Waals surface area contributed by atoms with Gasteiger partial charge >= 0.3 is 0 Å². The van der Waals surface area contributed by atoms with Crippen molar-refractivity contribution in [3.05, 3.63) is 18.6 Å². The van der Waals surface area contributed by atoms with Gasteiger partial charge in [0.15, 0.2) is 17.3 Å². The number of methoxy groups -OCH3 is 1. The second-order valence-corrected chi connectivity index (χ2v) is 2.58. The van der Waals surface area contributed by atoms with Gasteiger partial charge in [0.05, 0.1) is 13.3 Å². The van der Waals surface area contributed by atoms with Crippen molar-refractivity contribution in [3.8, 4) is 17.3 Å². The van der Waals surface area contributed by atoms with Crippen LogP contribution in [-0.2, 0) is 0 Å². The van der Waals surface area contributed by atoms with Crippen LogP contribution in [0.4, 0.5) is 5.95 Å². The second kappa shape index (κ2) is 3.33. The molecule has 0 radical (unpaired) electrons. The molecule has 72 valence electrons. The van der Waals surface area contributed by atoms with Gasteiger partial charge in [-0.05, 0) is 0 Å². The molecule has 14 heavy (non-hydrogen) atoms. The molecule has 0 fully saturated rings. The lowest BCUT2D eigenvalue weighted by Crippen LogP contribution is -1.99. The van der Waals surface area contributed by atoms with E-state index in [4.69, 9.17) is 10.5 Å². The molecule has 0 atom stereocenters. The van der Waals surface area contributed by atoms with E-state index in [2.05, 4.69) is 19.9 Å². The third kappa shape index (κ3) is 1.37. The highest BCUT2D eigenvalue weighted by molar-refractivity contribution is 5.59. The molecule has 0 spiro atoms. The Kier molecular flexibility index (Phi) is 2.02. The minimum Gasteiger partial charge on any atom is -0.493 e. The van der Waals surface area contributed by atoms with Gasteiger partial charge in [0.2, 0.25) is 5.95 Å². The van der Waals surface area contributed by atoms with Gasteiger partial charge < -0.3 is 15.5 Å². The number of nitrogens with one attached hydrogen (secondary N) is 1. The topological polar surface area (TPSA) is 89.7 Å². The summed E-state index contributed by atoms with van der Waals surface area (Å²) in [6, 6.07) is 0. The number of nitrogens with two attached hydrogens (primary N) is 1. The Bertz CT molecular complexity index is 425. The number of H-pyrrole nitrogens is 1. The molecular formula is C8H9N5O. The monoisotopic (exact) mass is 191 g/mol. The second-order valence-electron chi connectivity index (χ2n) is 2.58. The van der Waals surface area contributed by atoms with Crippen LogP contribution in [0.25, 0.3) is 11.5 Å². The van der Waals surface area contributed by atoms with Gasteiger partial charge in [-0.15, -0.1) is 0 Å². The molecule has 0 aliphatic carbocycles. The number of aromatic amines is 1. The van der Waals surface area contributed by atoms with Gasteiger partial charge in [0.1, 0.15) is 0 Å². The Morgan fingerprint density at radius 3 is 2.93 bits per heavy atom. The summed E-state index contributed by atoms with van der Waals surface area (Å²) in [6.07, 6.45) is 4.85. The number of anilines is 1. The van der Waals surface area contributed by atoms with E-state index < -0.39 is 0 Å². The first kappa shape index (κ1) is 8.49. The van der Waals surface area contributed by atoms with E-state index in [0.717, 1.165) is 0 Å². The maximum Gasteiger partial charge on any atom is 0.220 e. The largest absolute Gasteiger partial charge is 0.493 e. The number of rotatable bonds is 2. The molecule has 6 nitrogen and oxygen atoms in total. The minimum absolute atomic E-state index is 0.192. The third-order valence-electron chi connectivity index (χ3n) is 1.72. The van der Waals surface area contributed by atoms with Crippen molar-refractivity contribution in [1.82, 2.24) is 19.9 Å². The van der Waals surface area contributed by atoms with Gasteiger partial charge in [-0.2, -0.15) is 0 Å². The molecule has 2 heterocycles. The van der Waals surface area contributed by atoms with E-state index in [1.54, 1.807) is 19.5 Å². The van der Waals surface area contributed by atoms with E-state index in [1.165, 1.54) is 6.20 Å². The van der Waals surface area contributed by atoms with Crippen molar-refractivity contribution in [2.75, 3.05) is 12.8 Å². The molecule has 0 unspecified atom stereocenters. The molecule has 0 saturated carbocycles. The molecule has 0 aromatic carbocycles. The molecular weight excluding hydrogens is 182 g/mol. The van der Waals surface area contributed by atoms with E-state index in [-0.39, 0.29) is 5.95 Å². The number of aromatic nitrogens is 4. The van der Waals surface area contributed by atoms with Crippen molar-refractivity contribution in [3.63, 3.8) is 0 Å². The fourth-order valence-electron chi connectivity index (χ4n) is 1.10. The predicted octanol–water partition coefficient (Wildman–Crippen LogP) is 0.457. The third-order valence-corrected chi connectivity index (χ3v) is 1.72. The van der Waals surface area contributed by atoms with Crippen LogP contribution in [-0.4, -0.2) is 27.0 Å². The number of imidazole rings is 1. The van der Waals surface area contributed by atoms with E-state index in [1.807, 2.05) is 0 Å². The van der Waals surface area contributed by atoms with Gasteiger partial charge in [-0.1, -0.05) is 0 Å². The lowest BCUT2D eigenvalue weighted by atomic mass is 10.3. The summed E-state index contributed by atoms with van der Waals surface area (Å²) < 4.78 is 5.08. The highest BCUT2D eigenvalue weighted by Crippen LogP contribution is 2.23. The van der Waals surface area contributed by atoms with Crippen molar-refractivity contribution < 1.29 is 4.74 Å². The van der Waals surface area contributed by atoms with Crippen LogP contribution >= 0.6 is 0 Å². The number of nitrogens with zero attached hydrogens (tertiary/aromatic N) is 3. The van der Waals surface area contributed by atoms with Crippen molar-refractivity contribution in [1.29, 1.82) is 0 Å². The zero-order valence-corrected chi connectivity index (χ0v) is 7.56.